The molecule has 0 aliphatic carbocycles. The van der Waals surface area contributed by atoms with Crippen molar-refractivity contribution in [2.45, 2.75) is 30.9 Å². The van der Waals surface area contributed by atoms with Crippen molar-refractivity contribution in [2.75, 3.05) is 51.9 Å². The first-order valence-corrected chi connectivity index (χ1v) is 9.26. The van der Waals surface area contributed by atoms with Crippen LogP contribution < -0.4 is 10.6 Å². The highest BCUT2D eigenvalue weighted by atomic mass is 127. The number of likely N-dealkylation sites (tertiary alicyclic amines) is 1. The lowest BCUT2D eigenvalue weighted by atomic mass is 10.0. The largest absolute Gasteiger partial charge is 0.387 e. The lowest BCUT2D eigenvalue weighted by Crippen LogP contribution is -2.52. The van der Waals surface area contributed by atoms with Gasteiger partial charge in [0.1, 0.15) is 6.61 Å². The number of carbonyl (C=O) groups excluding carboxylic acids is 1. The minimum Gasteiger partial charge on any atom is -0.387 e. The van der Waals surface area contributed by atoms with Crippen LogP contribution in [-0.2, 0) is 9.53 Å². The Morgan fingerprint density at radius 2 is 2.17 bits per heavy atom. The van der Waals surface area contributed by atoms with Crippen LogP contribution in [0.2, 0.25) is 0 Å². The molecule has 9 heteroatoms. The van der Waals surface area contributed by atoms with Gasteiger partial charge >= 0.3 is 0 Å². The highest BCUT2D eigenvalue weighted by Crippen LogP contribution is 2.26. The van der Waals surface area contributed by atoms with Crippen LogP contribution in [0, 0.1) is 0 Å². The van der Waals surface area contributed by atoms with Gasteiger partial charge in [0.05, 0.1) is 5.60 Å². The molecule has 2 heterocycles. The number of piperidine rings is 1. The van der Waals surface area contributed by atoms with Gasteiger partial charge in [0.25, 0.3) is 0 Å². The van der Waals surface area contributed by atoms with E-state index in [4.69, 9.17) is 4.74 Å². The lowest BCUT2D eigenvalue weighted by molar-refractivity contribution is -0.136. The second-order valence-electron chi connectivity index (χ2n) is 6.19. The molecule has 2 rings (SSSR count). The number of hydrogen-bond acceptors (Lipinski definition) is 5. The number of aliphatic hydroxyl groups is 1. The molecule has 140 valence electrons. The quantitative estimate of drug-likeness (QED) is 0.303. The Balaban J connectivity index is 0.00000288. The van der Waals surface area contributed by atoms with E-state index < -0.39 is 5.60 Å². The number of aliphatic imine (C=N–C) groups is 1. The number of halogens is 1. The van der Waals surface area contributed by atoms with E-state index in [-0.39, 0.29) is 36.5 Å². The van der Waals surface area contributed by atoms with Gasteiger partial charge in [0, 0.05) is 45.6 Å². The van der Waals surface area contributed by atoms with Gasteiger partial charge < -0.3 is 25.4 Å². The maximum atomic E-state index is 11.8. The molecule has 7 nitrogen and oxygen atoms in total. The van der Waals surface area contributed by atoms with Crippen molar-refractivity contribution in [1.82, 2.24) is 15.5 Å². The number of thioether (sulfide) groups is 1. The molecule has 0 aromatic rings. The zero-order valence-corrected chi connectivity index (χ0v) is 17.6. The number of carbonyl (C=O) groups is 1. The fourth-order valence-corrected chi connectivity index (χ4v) is 4.16. The molecule has 0 saturated carbocycles. The molecule has 0 radical (unpaired) electrons. The zero-order chi connectivity index (χ0) is 16.7. The molecule has 0 aromatic heterocycles. The highest BCUT2D eigenvalue weighted by molar-refractivity contribution is 14.0. The van der Waals surface area contributed by atoms with Gasteiger partial charge in [-0.3, -0.25) is 9.79 Å². The first-order valence-electron chi connectivity index (χ1n) is 8.10. The standard InChI is InChI=1S/C15H28N4O3S.HI/c1-16-14(17-10-15(21)5-8-23-11-15)18-12-3-6-19(7-4-12)13(20)9-22-2;/h12,21H,3-11H2,1-2H3,(H2,16,17,18);1H. The average molecular weight is 472 g/mol. The number of amides is 1. The first-order chi connectivity index (χ1) is 11.1. The SMILES string of the molecule is CN=C(NCC1(O)CCSC1)NC1CCN(C(=O)COC)CC1.I. The van der Waals surface area contributed by atoms with Gasteiger partial charge in [-0.2, -0.15) is 11.8 Å². The van der Waals surface area contributed by atoms with Crippen LogP contribution >= 0.6 is 35.7 Å². The first kappa shape index (κ1) is 21.8. The van der Waals surface area contributed by atoms with Crippen LogP contribution in [0.25, 0.3) is 0 Å². The number of ether oxygens (including phenoxy) is 1. The van der Waals surface area contributed by atoms with Gasteiger partial charge in [-0.25, -0.2) is 0 Å². The zero-order valence-electron chi connectivity index (χ0n) is 14.4. The smallest absolute Gasteiger partial charge is 0.248 e. The summed E-state index contributed by atoms with van der Waals surface area (Å²) in [6.45, 7) is 2.14. The molecule has 2 aliphatic rings. The van der Waals surface area contributed by atoms with E-state index in [1.165, 1.54) is 0 Å². The van der Waals surface area contributed by atoms with Crippen LogP contribution in [-0.4, -0.2) is 85.4 Å². The molecular formula is C15H29IN4O3S. The van der Waals surface area contributed by atoms with Crippen LogP contribution in [0.15, 0.2) is 4.99 Å². The summed E-state index contributed by atoms with van der Waals surface area (Å²) in [5, 5.41) is 17.0. The Kier molecular flexibility index (Phi) is 9.68. The van der Waals surface area contributed by atoms with Gasteiger partial charge in [-0.05, 0) is 25.0 Å². The Labute approximate surface area is 165 Å². The predicted octanol–water partition coefficient (Wildman–Crippen LogP) is 0.275. The molecule has 0 spiro atoms. The minimum absolute atomic E-state index is 0. The molecule has 1 atom stereocenters. The summed E-state index contributed by atoms with van der Waals surface area (Å²) < 4.78 is 4.89. The van der Waals surface area contributed by atoms with Crippen LogP contribution in [0.1, 0.15) is 19.3 Å². The van der Waals surface area contributed by atoms with Crippen molar-refractivity contribution in [3.8, 4) is 0 Å². The maximum absolute atomic E-state index is 11.8. The molecule has 1 amide bonds. The molecule has 1 unspecified atom stereocenters. The molecule has 3 N–H and O–H groups in total. The Bertz CT molecular complexity index is 425. The third-order valence-corrected chi connectivity index (χ3v) is 5.58. The fraction of sp³-hybridized carbons (Fsp3) is 0.867. The maximum Gasteiger partial charge on any atom is 0.248 e. The number of nitrogens with zero attached hydrogens (tertiary/aromatic N) is 2. The minimum atomic E-state index is -0.627. The van der Waals surface area contributed by atoms with Crippen molar-refractivity contribution in [3.63, 3.8) is 0 Å². The summed E-state index contributed by atoms with van der Waals surface area (Å²) >= 11 is 1.78. The Morgan fingerprint density at radius 3 is 2.71 bits per heavy atom. The third kappa shape index (κ3) is 6.57. The molecular weight excluding hydrogens is 443 g/mol. The van der Waals surface area contributed by atoms with E-state index in [2.05, 4.69) is 15.6 Å². The van der Waals surface area contributed by atoms with Crippen LogP contribution in [0.5, 0.6) is 0 Å². The summed E-state index contributed by atoms with van der Waals surface area (Å²) in [6.07, 6.45) is 2.59. The van der Waals surface area contributed by atoms with Gasteiger partial charge in [-0.1, -0.05) is 0 Å². The van der Waals surface area contributed by atoms with E-state index in [0.29, 0.717) is 12.6 Å². The summed E-state index contributed by atoms with van der Waals surface area (Å²) in [4.78, 5) is 17.9. The molecule has 24 heavy (non-hydrogen) atoms. The molecule has 2 saturated heterocycles. The molecule has 0 aromatic carbocycles. The summed E-state index contributed by atoms with van der Waals surface area (Å²) in [6, 6.07) is 0.292. The van der Waals surface area contributed by atoms with E-state index in [1.807, 2.05) is 4.90 Å². The van der Waals surface area contributed by atoms with Crippen molar-refractivity contribution in [3.05, 3.63) is 0 Å². The topological polar surface area (TPSA) is 86.2 Å². The summed E-state index contributed by atoms with van der Waals surface area (Å²) in [5.41, 5.74) is -0.627. The van der Waals surface area contributed by atoms with Crippen molar-refractivity contribution in [1.29, 1.82) is 0 Å². The van der Waals surface area contributed by atoms with E-state index >= 15 is 0 Å². The number of guanidine groups is 1. The van der Waals surface area contributed by atoms with Gasteiger partial charge in [-0.15, -0.1) is 24.0 Å². The number of nitrogens with one attached hydrogen (secondary N) is 2. The number of methoxy groups -OCH3 is 1. The number of rotatable bonds is 5. The second-order valence-corrected chi connectivity index (χ2v) is 7.29. The summed E-state index contributed by atoms with van der Waals surface area (Å²) in [7, 11) is 3.28. The molecule has 0 bridgehead atoms. The van der Waals surface area contributed by atoms with Gasteiger partial charge in [0.2, 0.25) is 5.91 Å². The Morgan fingerprint density at radius 1 is 1.46 bits per heavy atom. The third-order valence-electron chi connectivity index (χ3n) is 4.35. The fourth-order valence-electron chi connectivity index (χ4n) is 2.86. The molecule has 2 aliphatic heterocycles. The second kappa shape index (κ2) is 10.7. The van der Waals surface area contributed by atoms with Crippen molar-refractivity contribution < 1.29 is 14.6 Å². The van der Waals surface area contributed by atoms with Crippen molar-refractivity contribution in [2.24, 2.45) is 4.99 Å². The number of hydrogen-bond donors (Lipinski definition) is 3. The van der Waals surface area contributed by atoms with Crippen LogP contribution in [0.4, 0.5) is 0 Å². The lowest BCUT2D eigenvalue weighted by Gasteiger charge is -2.33. The van der Waals surface area contributed by atoms with E-state index in [1.54, 1.807) is 25.9 Å². The highest BCUT2D eigenvalue weighted by Gasteiger charge is 2.32. The van der Waals surface area contributed by atoms with Crippen LogP contribution in [0.3, 0.4) is 0 Å². The Hall–Kier alpha value is -0.260. The van der Waals surface area contributed by atoms with Gasteiger partial charge in [0.15, 0.2) is 5.96 Å². The van der Waals surface area contributed by atoms with E-state index in [9.17, 15) is 9.90 Å². The average Bonchev–Trinajstić information content (AvgIpc) is 2.99. The predicted molar refractivity (Wildman–Crippen MR) is 108 cm³/mol. The van der Waals surface area contributed by atoms with Crippen molar-refractivity contribution >= 4 is 47.6 Å². The molecule has 2 fully saturated rings. The van der Waals surface area contributed by atoms with E-state index in [0.717, 1.165) is 49.8 Å². The summed E-state index contributed by atoms with van der Waals surface area (Å²) in [5.74, 6) is 2.56. The normalized spacial score (nSPS) is 25.3. The monoisotopic (exact) mass is 472 g/mol.